The van der Waals surface area contributed by atoms with Crippen LogP contribution < -0.4 is 22.1 Å². The van der Waals surface area contributed by atoms with Crippen LogP contribution in [0.3, 0.4) is 0 Å². The first-order chi connectivity index (χ1) is 16.7. The van der Waals surface area contributed by atoms with Gasteiger partial charge < -0.3 is 0 Å². The Morgan fingerprint density at radius 2 is 0.794 bits per heavy atom. The lowest BCUT2D eigenvalue weighted by Gasteiger charge is -2.18. The smallest absolute Gasteiger partial charge is 0.260 e. The third-order valence-corrected chi connectivity index (χ3v) is 8.02. The average Bonchev–Trinajstić information content (AvgIpc) is 3.56. The standard InChI is InChI=1S/C28H16N4O2/c33-27-19-8-4-16-14-2-6-18-24-20(28(34)32-12-10-30-26(18)32)7-3-15(22(14)24)13-1-5-17(23(19)21(13)16)25-29-9-11-31(25)27/h1-8H,9-12H2. The van der Waals surface area contributed by atoms with Gasteiger partial charge in [-0.2, -0.15) is 0 Å². The van der Waals surface area contributed by atoms with Crippen molar-refractivity contribution in [3.63, 3.8) is 0 Å². The van der Waals surface area contributed by atoms with E-state index in [4.69, 9.17) is 0 Å². The van der Waals surface area contributed by atoms with Crippen molar-refractivity contribution < 1.29 is 0 Å². The first kappa shape index (κ1) is 17.2. The molecule has 6 heteroatoms. The lowest BCUT2D eigenvalue weighted by atomic mass is 9.86. The van der Waals surface area contributed by atoms with Gasteiger partial charge in [0.05, 0.1) is 13.1 Å². The van der Waals surface area contributed by atoms with Gasteiger partial charge in [0.15, 0.2) is 0 Å². The maximum Gasteiger partial charge on any atom is 0.260 e. The van der Waals surface area contributed by atoms with E-state index in [-0.39, 0.29) is 11.1 Å². The SMILES string of the molecule is O=c1c2ccc3c4ccc5c6n(c(=O)c7ccc(c8ccc(c9n1CCN=9)c2c38)c4c75)CCN=6. The molecule has 0 unspecified atom stereocenters. The first-order valence-electron chi connectivity index (χ1n) is 11.7. The maximum absolute atomic E-state index is 13.3. The highest BCUT2D eigenvalue weighted by Gasteiger charge is 2.23. The highest BCUT2D eigenvalue weighted by atomic mass is 16.1. The minimum atomic E-state index is 0.0356. The Morgan fingerprint density at radius 3 is 1.21 bits per heavy atom. The largest absolute Gasteiger partial charge is 0.291 e. The molecule has 4 heterocycles. The number of rotatable bonds is 0. The summed E-state index contributed by atoms with van der Waals surface area (Å²) in [7, 11) is 0. The van der Waals surface area contributed by atoms with E-state index in [1.807, 2.05) is 12.1 Å². The molecule has 0 saturated carbocycles. The summed E-state index contributed by atoms with van der Waals surface area (Å²) in [6.07, 6.45) is 0. The maximum atomic E-state index is 13.3. The Bertz CT molecular complexity index is 2140. The monoisotopic (exact) mass is 440 g/mol. The highest BCUT2D eigenvalue weighted by Crippen LogP contribution is 2.43. The summed E-state index contributed by atoms with van der Waals surface area (Å²) >= 11 is 0. The first-order valence-corrected chi connectivity index (χ1v) is 11.7. The van der Waals surface area contributed by atoms with E-state index in [2.05, 4.69) is 46.4 Å². The Kier molecular flexibility index (Phi) is 2.74. The van der Waals surface area contributed by atoms with Crippen LogP contribution in [0.15, 0.2) is 68.1 Å². The molecule has 0 fully saturated rings. The molecule has 7 aromatic rings. The summed E-state index contributed by atoms with van der Waals surface area (Å²) in [6, 6.07) is 16.7. The van der Waals surface area contributed by atoms with Gasteiger partial charge in [0.1, 0.15) is 11.0 Å². The summed E-state index contributed by atoms with van der Waals surface area (Å²) in [6.45, 7) is 2.57. The van der Waals surface area contributed by atoms with Crippen molar-refractivity contribution in [1.82, 2.24) is 9.13 Å². The minimum absolute atomic E-state index is 0.0356. The van der Waals surface area contributed by atoms with Crippen molar-refractivity contribution in [3.8, 4) is 0 Å². The quantitative estimate of drug-likeness (QED) is 0.269. The molecular formula is C28H16N4O2. The molecule has 160 valence electrons. The Labute approximate surface area is 190 Å². The van der Waals surface area contributed by atoms with Crippen LogP contribution in [0.1, 0.15) is 0 Å². The van der Waals surface area contributed by atoms with Gasteiger partial charge in [-0.15, -0.1) is 0 Å². The molecule has 0 spiro atoms. The molecule has 0 saturated heterocycles. The highest BCUT2D eigenvalue weighted by molar-refractivity contribution is 6.39. The molecule has 9 rings (SSSR count). The third-order valence-electron chi connectivity index (χ3n) is 8.02. The van der Waals surface area contributed by atoms with E-state index in [9.17, 15) is 9.59 Å². The van der Waals surface area contributed by atoms with E-state index in [1.54, 1.807) is 9.13 Å². The van der Waals surface area contributed by atoms with Crippen molar-refractivity contribution in [2.24, 2.45) is 9.98 Å². The number of benzene rings is 5. The van der Waals surface area contributed by atoms with Crippen LogP contribution in [0.5, 0.6) is 0 Å². The second kappa shape index (κ2) is 5.42. The van der Waals surface area contributed by atoms with Gasteiger partial charge in [0, 0.05) is 45.4 Å². The number of nitrogens with zero attached hydrogens (tertiary/aromatic N) is 4. The number of hydrogen-bond acceptors (Lipinski definition) is 4. The fourth-order valence-electron chi connectivity index (χ4n) is 6.66. The van der Waals surface area contributed by atoms with Crippen LogP contribution >= 0.6 is 0 Å². The summed E-state index contributed by atoms with van der Waals surface area (Å²) in [5, 5.41) is 12.2. The second-order valence-corrected chi connectivity index (χ2v) is 9.47. The Morgan fingerprint density at radius 1 is 0.471 bits per heavy atom. The van der Waals surface area contributed by atoms with Crippen LogP contribution in [-0.2, 0) is 13.1 Å². The van der Waals surface area contributed by atoms with E-state index in [1.165, 1.54) is 0 Å². The zero-order valence-corrected chi connectivity index (χ0v) is 18.1. The summed E-state index contributed by atoms with van der Waals surface area (Å²) < 4.78 is 3.61. The second-order valence-electron chi connectivity index (χ2n) is 9.47. The molecule has 6 nitrogen and oxygen atoms in total. The molecule has 34 heavy (non-hydrogen) atoms. The number of aromatic nitrogens is 2. The fraction of sp³-hybridized carbons (Fsp3) is 0.143. The molecule has 2 aliphatic rings. The zero-order chi connectivity index (χ0) is 22.3. The van der Waals surface area contributed by atoms with Crippen LogP contribution in [-0.4, -0.2) is 22.2 Å². The molecule has 0 atom stereocenters. The van der Waals surface area contributed by atoms with E-state index < -0.39 is 0 Å². The third kappa shape index (κ3) is 1.70. The van der Waals surface area contributed by atoms with Crippen LogP contribution in [0, 0.1) is 0 Å². The van der Waals surface area contributed by atoms with Crippen molar-refractivity contribution in [2.75, 3.05) is 13.1 Å². The molecule has 2 aromatic heterocycles. The average molecular weight is 440 g/mol. The molecule has 0 radical (unpaired) electrons. The molecule has 0 N–H and O–H groups in total. The van der Waals surface area contributed by atoms with E-state index in [0.29, 0.717) is 26.2 Å². The van der Waals surface area contributed by atoms with Crippen LogP contribution in [0.4, 0.5) is 0 Å². The molecule has 0 amide bonds. The Hall–Kier alpha value is -4.32. The van der Waals surface area contributed by atoms with Gasteiger partial charge in [-0.3, -0.25) is 28.7 Å². The number of pyridine rings is 2. The summed E-state index contributed by atoms with van der Waals surface area (Å²) in [5.41, 5.74) is 1.66. The normalized spacial score (nSPS) is 15.3. The van der Waals surface area contributed by atoms with Crippen LogP contribution in [0.2, 0.25) is 0 Å². The molecule has 0 bridgehead atoms. The number of hydrogen-bond donors (Lipinski definition) is 0. The van der Waals surface area contributed by atoms with Gasteiger partial charge in [0.2, 0.25) is 0 Å². The van der Waals surface area contributed by atoms with Gasteiger partial charge in [0.25, 0.3) is 11.1 Å². The zero-order valence-electron chi connectivity index (χ0n) is 18.1. The van der Waals surface area contributed by atoms with Crippen LogP contribution in [0.25, 0.3) is 64.6 Å². The predicted octanol–water partition coefficient (Wildman–Crippen LogP) is 3.07. The van der Waals surface area contributed by atoms with Gasteiger partial charge in [-0.1, -0.05) is 24.3 Å². The number of fused-ring (bicyclic) bond motifs is 6. The molecule has 5 aromatic carbocycles. The Balaban J connectivity index is 1.64. The van der Waals surface area contributed by atoms with Gasteiger partial charge >= 0.3 is 0 Å². The van der Waals surface area contributed by atoms with E-state index in [0.717, 1.165) is 75.6 Å². The lowest BCUT2D eigenvalue weighted by Crippen LogP contribution is -2.31. The van der Waals surface area contributed by atoms with Crippen molar-refractivity contribution in [2.45, 2.75) is 13.1 Å². The van der Waals surface area contributed by atoms with E-state index >= 15 is 0 Å². The topological polar surface area (TPSA) is 68.7 Å². The fourth-order valence-corrected chi connectivity index (χ4v) is 6.66. The lowest BCUT2D eigenvalue weighted by molar-refractivity contribution is 0.738. The van der Waals surface area contributed by atoms with Crippen molar-refractivity contribution in [1.29, 1.82) is 0 Å². The summed E-state index contributed by atoms with van der Waals surface area (Å²) in [5.74, 6) is 0. The minimum Gasteiger partial charge on any atom is -0.291 e. The molecule has 2 aliphatic heterocycles. The van der Waals surface area contributed by atoms with Crippen molar-refractivity contribution in [3.05, 3.63) is 80.2 Å². The van der Waals surface area contributed by atoms with Gasteiger partial charge in [-0.05, 0) is 56.6 Å². The summed E-state index contributed by atoms with van der Waals surface area (Å²) in [4.78, 5) is 36.0. The molecular weight excluding hydrogens is 424 g/mol. The molecule has 0 aliphatic carbocycles. The predicted molar refractivity (Wildman–Crippen MR) is 134 cm³/mol. The van der Waals surface area contributed by atoms with Crippen molar-refractivity contribution >= 4 is 64.6 Å². The van der Waals surface area contributed by atoms with Gasteiger partial charge in [-0.25, -0.2) is 0 Å².